The standard InChI is InChI=1S/C26H31BrO2.C2H6O2/c1-26-14-4-7-22(26)21-13-10-18-5-3-6-20(17-8-11-19(27)12-9-17)24(18)25(21)23(15-26)29-16-28-2;1-4-2-3/h3,5-6,8-9,11-12,21-23,25H,4,7,10,13-16H2,1-2H3;3H,2H2,1H3/t21-,22-,23-,25+,26-;/m0./s1. The molecule has 0 amide bonds. The zero-order valence-corrected chi connectivity index (χ0v) is 21.6. The number of benzene rings is 2. The number of aliphatic hydroxyl groups excluding tert-OH is 1. The van der Waals surface area contributed by atoms with Gasteiger partial charge in [0.2, 0.25) is 0 Å². The fraction of sp³-hybridized carbons (Fsp3) is 0.571. The summed E-state index contributed by atoms with van der Waals surface area (Å²) < 4.78 is 17.0. The highest BCUT2D eigenvalue weighted by Crippen LogP contribution is 2.62. The van der Waals surface area contributed by atoms with Crippen LogP contribution in [0.2, 0.25) is 0 Å². The molecule has 0 aliphatic heterocycles. The topological polar surface area (TPSA) is 47.9 Å². The first-order valence-electron chi connectivity index (χ1n) is 12.1. The van der Waals surface area contributed by atoms with Crippen molar-refractivity contribution in [3.05, 3.63) is 58.1 Å². The molecule has 0 bridgehead atoms. The van der Waals surface area contributed by atoms with E-state index in [1.807, 2.05) is 0 Å². The van der Waals surface area contributed by atoms with Crippen LogP contribution in [0.15, 0.2) is 46.9 Å². The van der Waals surface area contributed by atoms with E-state index in [1.165, 1.54) is 55.9 Å². The van der Waals surface area contributed by atoms with E-state index in [0.717, 1.165) is 22.7 Å². The molecule has 5 atom stereocenters. The summed E-state index contributed by atoms with van der Waals surface area (Å²) in [5, 5.41) is 7.65. The minimum absolute atomic E-state index is 0.181. The molecule has 0 heterocycles. The molecular weight excluding hydrogens is 480 g/mol. The Balaban J connectivity index is 0.000000601. The third kappa shape index (κ3) is 5.08. The monoisotopic (exact) mass is 516 g/mol. The Bertz CT molecular complexity index is 913. The fourth-order valence-corrected chi connectivity index (χ4v) is 7.15. The van der Waals surface area contributed by atoms with Gasteiger partial charge in [-0.05, 0) is 83.7 Å². The van der Waals surface area contributed by atoms with Gasteiger partial charge in [-0.2, -0.15) is 0 Å². The summed E-state index contributed by atoms with van der Waals surface area (Å²) in [4.78, 5) is 0. The molecule has 3 aliphatic carbocycles. The van der Waals surface area contributed by atoms with Gasteiger partial charge in [0, 0.05) is 24.6 Å². The highest BCUT2D eigenvalue weighted by atomic mass is 79.9. The summed E-state index contributed by atoms with van der Waals surface area (Å²) in [5.74, 6) is 2.04. The molecule has 2 aromatic rings. The van der Waals surface area contributed by atoms with E-state index < -0.39 is 0 Å². The Morgan fingerprint density at radius 2 is 1.82 bits per heavy atom. The highest BCUT2D eigenvalue weighted by Gasteiger charge is 2.54. The van der Waals surface area contributed by atoms with Crippen molar-refractivity contribution in [2.75, 3.05) is 27.8 Å². The van der Waals surface area contributed by atoms with E-state index in [2.05, 4.69) is 70.1 Å². The van der Waals surface area contributed by atoms with Gasteiger partial charge in [0.05, 0.1) is 6.10 Å². The predicted molar refractivity (Wildman–Crippen MR) is 135 cm³/mol. The normalized spacial score (nSPS) is 30.0. The molecule has 4 nitrogen and oxygen atoms in total. The van der Waals surface area contributed by atoms with Gasteiger partial charge < -0.3 is 19.3 Å². The average Bonchev–Trinajstić information content (AvgIpc) is 3.24. The zero-order valence-electron chi connectivity index (χ0n) is 20.1. The van der Waals surface area contributed by atoms with E-state index >= 15 is 0 Å². The first kappa shape index (κ1) is 24.9. The molecule has 0 aromatic heterocycles. The lowest BCUT2D eigenvalue weighted by Gasteiger charge is -2.53. The molecule has 0 saturated heterocycles. The predicted octanol–water partition coefficient (Wildman–Crippen LogP) is 6.54. The van der Waals surface area contributed by atoms with E-state index in [9.17, 15) is 0 Å². The van der Waals surface area contributed by atoms with Crippen molar-refractivity contribution in [2.45, 2.75) is 57.5 Å². The van der Waals surface area contributed by atoms with Crippen molar-refractivity contribution in [3.63, 3.8) is 0 Å². The summed E-state index contributed by atoms with van der Waals surface area (Å²) in [6.45, 7) is 2.74. The van der Waals surface area contributed by atoms with E-state index in [1.54, 1.807) is 12.7 Å². The summed E-state index contributed by atoms with van der Waals surface area (Å²) in [6, 6.07) is 15.7. The smallest absolute Gasteiger partial charge is 0.146 e. The van der Waals surface area contributed by atoms with Crippen LogP contribution in [0.25, 0.3) is 11.1 Å². The van der Waals surface area contributed by atoms with Crippen LogP contribution < -0.4 is 0 Å². The number of hydrogen-bond acceptors (Lipinski definition) is 4. The van der Waals surface area contributed by atoms with Crippen LogP contribution >= 0.6 is 15.9 Å². The lowest BCUT2D eigenvalue weighted by Crippen LogP contribution is -2.48. The van der Waals surface area contributed by atoms with Gasteiger partial charge in [-0.1, -0.05) is 59.6 Å². The molecule has 5 heteroatoms. The second-order valence-electron chi connectivity index (χ2n) is 10.00. The average molecular weight is 518 g/mol. The van der Waals surface area contributed by atoms with Gasteiger partial charge in [-0.3, -0.25) is 0 Å². The Morgan fingerprint density at radius 1 is 1.06 bits per heavy atom. The lowest BCUT2D eigenvalue weighted by atomic mass is 9.54. The molecule has 1 N–H and O–H groups in total. The van der Waals surface area contributed by atoms with Crippen LogP contribution in [0.1, 0.15) is 56.1 Å². The maximum Gasteiger partial charge on any atom is 0.146 e. The second kappa shape index (κ2) is 11.0. The number of hydrogen-bond donors (Lipinski definition) is 1. The zero-order chi connectivity index (χ0) is 23.4. The number of halogens is 1. The summed E-state index contributed by atoms with van der Waals surface area (Å²) in [6.07, 6.45) is 8.03. The SMILES string of the molecule is COCO.COCO[C@H]1C[C@]2(C)CCC[C@H]2[C@@H]2CCc3cccc(-c4ccc(Br)cc4)c3[C@H]21. The largest absolute Gasteiger partial charge is 0.371 e. The lowest BCUT2D eigenvalue weighted by molar-refractivity contribution is -0.131. The third-order valence-corrected chi connectivity index (χ3v) is 8.69. The van der Waals surface area contributed by atoms with Crippen LogP contribution in [0.4, 0.5) is 0 Å². The van der Waals surface area contributed by atoms with Crippen LogP contribution in [0, 0.1) is 17.3 Å². The van der Waals surface area contributed by atoms with Crippen molar-refractivity contribution >= 4 is 15.9 Å². The quantitative estimate of drug-likeness (QED) is 0.458. The number of rotatable bonds is 5. The number of aliphatic hydroxyl groups is 1. The molecule has 0 spiro atoms. The molecule has 2 aromatic carbocycles. The molecule has 0 radical (unpaired) electrons. The minimum atomic E-state index is -0.181. The number of fused-ring (bicyclic) bond motifs is 5. The Labute approximate surface area is 206 Å². The Morgan fingerprint density at radius 3 is 2.52 bits per heavy atom. The fourth-order valence-electron chi connectivity index (χ4n) is 6.88. The molecule has 2 fully saturated rings. The van der Waals surface area contributed by atoms with Gasteiger partial charge in [0.15, 0.2) is 0 Å². The van der Waals surface area contributed by atoms with Crippen molar-refractivity contribution in [2.24, 2.45) is 17.3 Å². The number of aryl methyl sites for hydroxylation is 1. The van der Waals surface area contributed by atoms with Crippen molar-refractivity contribution < 1.29 is 19.3 Å². The first-order valence-corrected chi connectivity index (χ1v) is 12.9. The molecular formula is C28H37BrO4. The van der Waals surface area contributed by atoms with Gasteiger partial charge in [0.25, 0.3) is 0 Å². The Kier molecular flexibility index (Phi) is 8.29. The molecule has 3 aliphatic rings. The van der Waals surface area contributed by atoms with E-state index in [0.29, 0.717) is 18.1 Å². The van der Waals surface area contributed by atoms with Gasteiger partial charge >= 0.3 is 0 Å². The van der Waals surface area contributed by atoms with E-state index in [-0.39, 0.29) is 12.9 Å². The maximum atomic E-state index is 7.65. The second-order valence-corrected chi connectivity index (χ2v) is 10.9. The summed E-state index contributed by atoms with van der Waals surface area (Å²) >= 11 is 3.59. The third-order valence-electron chi connectivity index (χ3n) is 8.17. The molecule has 180 valence electrons. The van der Waals surface area contributed by atoms with Crippen LogP contribution in [-0.4, -0.2) is 39.0 Å². The molecule has 2 saturated carbocycles. The minimum Gasteiger partial charge on any atom is -0.371 e. The number of ether oxygens (including phenoxy) is 3. The van der Waals surface area contributed by atoms with Crippen LogP contribution in [0.5, 0.6) is 0 Å². The highest BCUT2D eigenvalue weighted by molar-refractivity contribution is 9.10. The van der Waals surface area contributed by atoms with Crippen LogP contribution in [-0.2, 0) is 20.6 Å². The van der Waals surface area contributed by atoms with Gasteiger partial charge in [-0.15, -0.1) is 0 Å². The molecule has 0 unspecified atom stereocenters. The van der Waals surface area contributed by atoms with Gasteiger partial charge in [0.1, 0.15) is 13.6 Å². The molecule has 33 heavy (non-hydrogen) atoms. The Hall–Kier alpha value is -1.24. The van der Waals surface area contributed by atoms with Crippen LogP contribution in [0.3, 0.4) is 0 Å². The first-order chi connectivity index (χ1) is 16.0. The maximum absolute atomic E-state index is 7.65. The summed E-state index contributed by atoms with van der Waals surface area (Å²) in [7, 11) is 3.17. The summed E-state index contributed by atoms with van der Waals surface area (Å²) in [5.41, 5.74) is 6.23. The van der Waals surface area contributed by atoms with Crippen molar-refractivity contribution in [1.29, 1.82) is 0 Å². The van der Waals surface area contributed by atoms with Crippen molar-refractivity contribution in [3.8, 4) is 11.1 Å². The van der Waals surface area contributed by atoms with E-state index in [4.69, 9.17) is 14.6 Å². The molecule has 5 rings (SSSR count). The van der Waals surface area contributed by atoms with Crippen molar-refractivity contribution in [1.82, 2.24) is 0 Å². The number of methoxy groups -OCH3 is 2. The van der Waals surface area contributed by atoms with Gasteiger partial charge in [-0.25, -0.2) is 0 Å².